The Morgan fingerprint density at radius 3 is 2.42 bits per heavy atom. The van der Waals surface area contributed by atoms with Gasteiger partial charge in [0.25, 0.3) is 0 Å². The molecule has 0 saturated carbocycles. The van der Waals surface area contributed by atoms with Crippen LogP contribution in [0.5, 0.6) is 0 Å². The van der Waals surface area contributed by atoms with Crippen LogP contribution in [0.1, 0.15) is 49.0 Å². The minimum atomic E-state index is -0.0669. The fourth-order valence-corrected chi connectivity index (χ4v) is 4.18. The second-order valence-corrected chi connectivity index (χ2v) is 8.15. The van der Waals surface area contributed by atoms with Crippen molar-refractivity contribution >= 4 is 34.5 Å². The fourth-order valence-electron chi connectivity index (χ4n) is 2.36. The molecular weight excluding hydrogens is 276 g/mol. The lowest BCUT2D eigenvalue weighted by Crippen LogP contribution is -2.34. The van der Waals surface area contributed by atoms with E-state index in [1.54, 1.807) is 11.3 Å². The number of carbonyl (C=O) groups excluding carboxylic acids is 1. The van der Waals surface area contributed by atoms with Gasteiger partial charge in [-0.1, -0.05) is 32.1 Å². The minimum absolute atomic E-state index is 0.0669. The molecule has 0 amide bonds. The van der Waals surface area contributed by atoms with Crippen LogP contribution in [0.15, 0.2) is 0 Å². The zero-order chi connectivity index (χ0) is 14.0. The van der Waals surface area contributed by atoms with Crippen molar-refractivity contribution in [3.8, 4) is 0 Å². The molecule has 1 aliphatic rings. The molecule has 0 bridgehead atoms. The normalized spacial score (nSPS) is 17.8. The summed E-state index contributed by atoms with van der Waals surface area (Å²) >= 11 is 3.50. The molecule has 2 heterocycles. The highest BCUT2D eigenvalue weighted by molar-refractivity contribution is 7.99. The number of hydrogen-bond donors (Lipinski definition) is 0. The second-order valence-electron chi connectivity index (χ2n) is 6.00. The third-order valence-corrected chi connectivity index (χ3v) is 5.68. The van der Waals surface area contributed by atoms with Gasteiger partial charge < -0.3 is 4.90 Å². The summed E-state index contributed by atoms with van der Waals surface area (Å²) in [7, 11) is 0. The monoisotopic (exact) mass is 298 g/mol. The molecule has 0 atom stereocenters. The van der Waals surface area contributed by atoms with Crippen LogP contribution in [0.2, 0.25) is 0 Å². The van der Waals surface area contributed by atoms with Gasteiger partial charge in [-0.2, -0.15) is 11.8 Å². The molecule has 0 aromatic carbocycles. The largest absolute Gasteiger partial charge is 0.348 e. The van der Waals surface area contributed by atoms with Gasteiger partial charge in [0.15, 0.2) is 11.4 Å². The Labute approximate surface area is 123 Å². The van der Waals surface area contributed by atoms with Crippen LogP contribution < -0.4 is 4.90 Å². The van der Waals surface area contributed by atoms with E-state index in [9.17, 15) is 4.79 Å². The molecule has 1 fully saturated rings. The Hall–Kier alpha value is -0.550. The average molecular weight is 298 g/mol. The molecule has 0 aliphatic carbocycles. The molecule has 1 aliphatic heterocycles. The molecular formula is C14H22N2OS2. The lowest BCUT2D eigenvalue weighted by Gasteiger charge is -2.30. The summed E-state index contributed by atoms with van der Waals surface area (Å²) < 4.78 is 0. The molecule has 106 valence electrons. The predicted molar refractivity (Wildman–Crippen MR) is 85.0 cm³/mol. The highest BCUT2D eigenvalue weighted by atomic mass is 32.2. The first-order valence-electron chi connectivity index (χ1n) is 6.70. The number of nitrogens with zero attached hydrogens (tertiary/aromatic N) is 2. The van der Waals surface area contributed by atoms with Crippen molar-refractivity contribution in [1.29, 1.82) is 0 Å². The van der Waals surface area contributed by atoms with E-state index in [-0.39, 0.29) is 5.41 Å². The maximum absolute atomic E-state index is 11.2. The van der Waals surface area contributed by atoms with Gasteiger partial charge in [-0.25, -0.2) is 4.98 Å². The fraction of sp³-hybridized carbons (Fsp3) is 0.714. The number of rotatable bonds is 3. The summed E-state index contributed by atoms with van der Waals surface area (Å²) in [4.78, 5) is 19.1. The van der Waals surface area contributed by atoms with E-state index >= 15 is 0 Å². The Balaban J connectivity index is 2.18. The van der Waals surface area contributed by atoms with Crippen LogP contribution in [0.4, 0.5) is 5.13 Å². The number of aromatic nitrogens is 1. The molecule has 1 saturated heterocycles. The Morgan fingerprint density at radius 1 is 1.37 bits per heavy atom. The van der Waals surface area contributed by atoms with Gasteiger partial charge in [-0.3, -0.25) is 4.79 Å². The highest BCUT2D eigenvalue weighted by Gasteiger charge is 2.26. The molecule has 0 unspecified atom stereocenters. The number of anilines is 1. The van der Waals surface area contributed by atoms with Crippen molar-refractivity contribution in [1.82, 2.24) is 4.98 Å². The van der Waals surface area contributed by atoms with E-state index < -0.39 is 0 Å². The smallest absolute Gasteiger partial charge is 0.186 e. The Bertz CT molecular complexity index is 443. The summed E-state index contributed by atoms with van der Waals surface area (Å²) in [6, 6.07) is 0. The standard InChI is InChI=1S/C14H22N2OS2/c1-14(2,3)12-11(9-17)19-13(15-12)16-7-5-10(18-4)6-8-16/h9-10H,5-8H2,1-4H3. The summed E-state index contributed by atoms with van der Waals surface area (Å²) in [5, 5.41) is 1.80. The lowest BCUT2D eigenvalue weighted by atomic mass is 9.91. The maximum Gasteiger partial charge on any atom is 0.186 e. The van der Waals surface area contributed by atoms with Crippen LogP contribution in [-0.2, 0) is 5.41 Å². The van der Waals surface area contributed by atoms with Crippen LogP contribution in [0, 0.1) is 0 Å². The Kier molecular flexibility index (Phi) is 4.56. The zero-order valence-electron chi connectivity index (χ0n) is 12.1. The van der Waals surface area contributed by atoms with Crippen LogP contribution in [0.25, 0.3) is 0 Å². The van der Waals surface area contributed by atoms with Gasteiger partial charge >= 0.3 is 0 Å². The summed E-state index contributed by atoms with van der Waals surface area (Å²) in [6.07, 6.45) is 5.56. The first-order valence-corrected chi connectivity index (χ1v) is 8.80. The van der Waals surface area contributed by atoms with Crippen molar-refractivity contribution < 1.29 is 4.79 Å². The van der Waals surface area contributed by atoms with E-state index in [2.05, 4.69) is 31.9 Å². The second kappa shape index (κ2) is 5.83. The van der Waals surface area contributed by atoms with Gasteiger partial charge in [-0.15, -0.1) is 0 Å². The van der Waals surface area contributed by atoms with Crippen molar-refractivity contribution in [3.05, 3.63) is 10.6 Å². The third-order valence-electron chi connectivity index (χ3n) is 3.51. The van der Waals surface area contributed by atoms with E-state index in [4.69, 9.17) is 4.98 Å². The van der Waals surface area contributed by atoms with Crippen molar-refractivity contribution in [2.45, 2.75) is 44.3 Å². The maximum atomic E-state index is 11.2. The molecule has 1 aromatic heterocycles. The van der Waals surface area contributed by atoms with E-state index in [1.807, 2.05) is 11.8 Å². The first kappa shape index (κ1) is 14.9. The van der Waals surface area contributed by atoms with E-state index in [1.165, 1.54) is 12.8 Å². The van der Waals surface area contributed by atoms with E-state index in [0.717, 1.165) is 40.3 Å². The van der Waals surface area contributed by atoms with Crippen molar-refractivity contribution in [3.63, 3.8) is 0 Å². The Morgan fingerprint density at radius 2 is 2.00 bits per heavy atom. The van der Waals surface area contributed by atoms with Crippen molar-refractivity contribution in [2.24, 2.45) is 0 Å². The van der Waals surface area contributed by atoms with Crippen molar-refractivity contribution in [2.75, 3.05) is 24.2 Å². The number of hydrogen-bond acceptors (Lipinski definition) is 5. The molecule has 5 heteroatoms. The molecule has 0 spiro atoms. The number of piperidine rings is 1. The van der Waals surface area contributed by atoms with Gasteiger partial charge in [0.05, 0.1) is 10.6 Å². The summed E-state index contributed by atoms with van der Waals surface area (Å²) in [5.74, 6) is 0. The SMILES string of the molecule is CSC1CCN(c2nc(C(C)(C)C)c(C=O)s2)CC1. The topological polar surface area (TPSA) is 33.2 Å². The van der Waals surface area contributed by atoms with Gasteiger partial charge in [0, 0.05) is 23.8 Å². The predicted octanol–water partition coefficient (Wildman–Crippen LogP) is 3.58. The summed E-state index contributed by atoms with van der Waals surface area (Å²) in [6.45, 7) is 8.44. The van der Waals surface area contributed by atoms with Crippen LogP contribution in [-0.4, -0.2) is 35.9 Å². The molecule has 3 nitrogen and oxygen atoms in total. The van der Waals surface area contributed by atoms with Gasteiger partial charge in [0.1, 0.15) is 0 Å². The average Bonchev–Trinajstić information content (AvgIpc) is 2.83. The number of thiazole rings is 1. The lowest BCUT2D eigenvalue weighted by molar-refractivity contribution is 0.112. The van der Waals surface area contributed by atoms with Crippen LogP contribution in [0.3, 0.4) is 0 Å². The number of aldehydes is 1. The molecule has 1 aromatic rings. The highest BCUT2D eigenvalue weighted by Crippen LogP contribution is 2.34. The molecule has 2 rings (SSSR count). The summed E-state index contributed by atoms with van der Waals surface area (Å²) in [5.41, 5.74) is 0.872. The number of carbonyl (C=O) groups is 1. The molecule has 0 radical (unpaired) electrons. The quantitative estimate of drug-likeness (QED) is 0.799. The van der Waals surface area contributed by atoms with Crippen LogP contribution >= 0.6 is 23.1 Å². The van der Waals surface area contributed by atoms with Gasteiger partial charge in [0.2, 0.25) is 0 Å². The zero-order valence-corrected chi connectivity index (χ0v) is 13.7. The minimum Gasteiger partial charge on any atom is -0.348 e. The van der Waals surface area contributed by atoms with Gasteiger partial charge in [-0.05, 0) is 19.1 Å². The molecule has 0 N–H and O–H groups in total. The molecule has 19 heavy (non-hydrogen) atoms. The first-order chi connectivity index (χ1) is 8.95. The van der Waals surface area contributed by atoms with E-state index in [0.29, 0.717) is 0 Å². The third kappa shape index (κ3) is 3.31. The number of thioether (sulfide) groups is 1.